The Labute approximate surface area is 120 Å². The third-order valence-corrected chi connectivity index (χ3v) is 2.88. The molecule has 0 N–H and O–H groups in total. The summed E-state index contributed by atoms with van der Waals surface area (Å²) < 4.78 is 0. The number of hydrogen-bond donors (Lipinski definition) is 0. The predicted molar refractivity (Wildman–Crippen MR) is 70.8 cm³/mol. The predicted octanol–water partition coefficient (Wildman–Crippen LogP) is 4.01. The molecule has 0 atom stereocenters. The van der Waals surface area contributed by atoms with Gasteiger partial charge in [-0.2, -0.15) is 0 Å². The van der Waals surface area contributed by atoms with Crippen molar-refractivity contribution >= 4 is 10.9 Å². The summed E-state index contributed by atoms with van der Waals surface area (Å²) in [5, 5.41) is 1.18. The zero-order chi connectivity index (χ0) is 11.7. The SMILES string of the molecule is Cc1cc2ccccc2nc1-c1[c-]cccc1.[Ir]. The van der Waals surface area contributed by atoms with Crippen LogP contribution in [0.5, 0.6) is 0 Å². The van der Waals surface area contributed by atoms with Crippen LogP contribution in [0.3, 0.4) is 0 Å². The van der Waals surface area contributed by atoms with Crippen LogP contribution >= 0.6 is 0 Å². The van der Waals surface area contributed by atoms with E-state index in [1.807, 2.05) is 42.5 Å². The van der Waals surface area contributed by atoms with Gasteiger partial charge in [-0.3, -0.25) is 4.98 Å². The fraction of sp³-hybridized carbons (Fsp3) is 0.0625. The van der Waals surface area contributed by atoms with E-state index in [1.165, 1.54) is 10.9 Å². The zero-order valence-corrected chi connectivity index (χ0v) is 12.4. The van der Waals surface area contributed by atoms with Gasteiger partial charge in [0.25, 0.3) is 0 Å². The van der Waals surface area contributed by atoms with Crippen LogP contribution in [0.25, 0.3) is 22.2 Å². The van der Waals surface area contributed by atoms with Gasteiger partial charge >= 0.3 is 0 Å². The van der Waals surface area contributed by atoms with Gasteiger partial charge in [-0.25, -0.2) is 0 Å². The van der Waals surface area contributed by atoms with Gasteiger partial charge in [0.05, 0.1) is 5.52 Å². The van der Waals surface area contributed by atoms with Crippen LogP contribution in [0.2, 0.25) is 0 Å². The van der Waals surface area contributed by atoms with E-state index < -0.39 is 0 Å². The van der Waals surface area contributed by atoms with E-state index >= 15 is 0 Å². The summed E-state index contributed by atoms with van der Waals surface area (Å²) in [7, 11) is 0. The Hall–Kier alpha value is -1.50. The molecule has 0 saturated carbocycles. The molecule has 1 heterocycles. The average molecular weight is 410 g/mol. The molecule has 0 fully saturated rings. The molecule has 1 nitrogen and oxygen atoms in total. The molecule has 18 heavy (non-hydrogen) atoms. The molecule has 3 aromatic rings. The Morgan fingerprint density at radius 2 is 1.78 bits per heavy atom. The van der Waals surface area contributed by atoms with Crippen molar-refractivity contribution < 1.29 is 20.1 Å². The smallest absolute Gasteiger partial charge is 0.0595 e. The van der Waals surface area contributed by atoms with E-state index in [9.17, 15) is 0 Å². The summed E-state index contributed by atoms with van der Waals surface area (Å²) in [4.78, 5) is 4.71. The number of benzene rings is 2. The maximum absolute atomic E-state index is 4.71. The molecule has 0 aliphatic heterocycles. The average Bonchev–Trinajstić information content (AvgIpc) is 2.39. The molecule has 1 radical (unpaired) electrons. The fourth-order valence-corrected chi connectivity index (χ4v) is 2.03. The summed E-state index contributed by atoms with van der Waals surface area (Å²) in [5.74, 6) is 0. The van der Waals surface area contributed by atoms with E-state index in [-0.39, 0.29) is 20.1 Å². The second-order valence-corrected chi connectivity index (χ2v) is 4.12. The Balaban J connectivity index is 0.00000120. The van der Waals surface area contributed by atoms with E-state index in [2.05, 4.69) is 25.1 Å². The van der Waals surface area contributed by atoms with Gasteiger partial charge in [0.15, 0.2) is 0 Å². The summed E-state index contributed by atoms with van der Waals surface area (Å²) in [6.45, 7) is 2.09. The van der Waals surface area contributed by atoms with Gasteiger partial charge in [0.1, 0.15) is 0 Å². The van der Waals surface area contributed by atoms with Gasteiger partial charge < -0.3 is 0 Å². The second-order valence-electron chi connectivity index (χ2n) is 4.12. The fourth-order valence-electron chi connectivity index (χ4n) is 2.03. The van der Waals surface area contributed by atoms with Crippen LogP contribution in [0.4, 0.5) is 0 Å². The van der Waals surface area contributed by atoms with Gasteiger partial charge in [0.2, 0.25) is 0 Å². The van der Waals surface area contributed by atoms with Crippen molar-refractivity contribution in [2.24, 2.45) is 0 Å². The van der Waals surface area contributed by atoms with Gasteiger partial charge in [-0.15, -0.1) is 35.9 Å². The van der Waals surface area contributed by atoms with Crippen LogP contribution in [0.1, 0.15) is 5.56 Å². The molecule has 2 aromatic carbocycles. The Kier molecular flexibility index (Phi) is 3.90. The normalized spacial score (nSPS) is 10.1. The summed E-state index contributed by atoms with van der Waals surface area (Å²) in [5.41, 5.74) is 4.29. The monoisotopic (exact) mass is 411 g/mol. The molecule has 0 unspecified atom stereocenters. The van der Waals surface area contributed by atoms with Crippen LogP contribution in [0, 0.1) is 13.0 Å². The third-order valence-electron chi connectivity index (χ3n) is 2.88. The Bertz CT molecular complexity index is 662. The second kappa shape index (κ2) is 5.43. The van der Waals surface area contributed by atoms with Crippen LogP contribution in [-0.2, 0) is 20.1 Å². The Morgan fingerprint density at radius 3 is 2.56 bits per heavy atom. The van der Waals surface area contributed by atoms with Crippen molar-refractivity contribution in [3.8, 4) is 11.3 Å². The molecule has 0 aliphatic rings. The van der Waals surface area contributed by atoms with Crippen molar-refractivity contribution in [3.05, 3.63) is 66.2 Å². The first-order valence-corrected chi connectivity index (χ1v) is 5.68. The van der Waals surface area contributed by atoms with Gasteiger partial charge in [0, 0.05) is 20.1 Å². The molecule has 0 aliphatic carbocycles. The number of nitrogens with zero attached hydrogens (tertiary/aromatic N) is 1. The summed E-state index contributed by atoms with van der Waals surface area (Å²) >= 11 is 0. The van der Waals surface area contributed by atoms with Crippen LogP contribution in [0.15, 0.2) is 54.6 Å². The molecule has 0 amide bonds. The first-order valence-electron chi connectivity index (χ1n) is 5.68. The molecular weight excluding hydrogens is 398 g/mol. The number of para-hydroxylation sites is 1. The molecule has 91 valence electrons. The zero-order valence-electron chi connectivity index (χ0n) is 9.98. The number of hydrogen-bond acceptors (Lipinski definition) is 1. The minimum Gasteiger partial charge on any atom is -0.296 e. The van der Waals surface area contributed by atoms with E-state index in [1.54, 1.807) is 0 Å². The van der Waals surface area contributed by atoms with Gasteiger partial charge in [-0.1, -0.05) is 29.8 Å². The van der Waals surface area contributed by atoms with E-state index in [0.717, 1.165) is 16.8 Å². The topological polar surface area (TPSA) is 12.9 Å². The van der Waals surface area contributed by atoms with Crippen molar-refractivity contribution in [3.63, 3.8) is 0 Å². The van der Waals surface area contributed by atoms with Crippen molar-refractivity contribution in [2.45, 2.75) is 6.92 Å². The standard InChI is InChI=1S/C16H12N.Ir/c1-12-11-14-9-5-6-10-15(14)17-16(12)13-7-3-2-4-8-13;/h2-7,9-11H,1H3;/q-1;. The minimum atomic E-state index is 0. The van der Waals surface area contributed by atoms with Crippen LogP contribution in [-0.4, -0.2) is 4.98 Å². The van der Waals surface area contributed by atoms with E-state index in [0.29, 0.717) is 0 Å². The minimum absolute atomic E-state index is 0. The number of rotatable bonds is 1. The molecule has 1 aromatic heterocycles. The Morgan fingerprint density at radius 1 is 1.00 bits per heavy atom. The molecule has 3 rings (SSSR count). The quantitative estimate of drug-likeness (QED) is 0.553. The number of aromatic nitrogens is 1. The maximum atomic E-state index is 4.71. The molecule has 0 bridgehead atoms. The van der Waals surface area contributed by atoms with Gasteiger partial charge in [-0.05, 0) is 24.1 Å². The number of fused-ring (bicyclic) bond motifs is 1. The summed E-state index contributed by atoms with van der Waals surface area (Å²) in [6.07, 6.45) is 0. The number of aryl methyl sites for hydroxylation is 1. The molecule has 0 spiro atoms. The number of pyridine rings is 1. The molecular formula is C16H12IrN-. The van der Waals surface area contributed by atoms with Crippen molar-refractivity contribution in [1.29, 1.82) is 0 Å². The third kappa shape index (κ3) is 2.35. The first-order chi connectivity index (χ1) is 8.34. The van der Waals surface area contributed by atoms with Crippen LogP contribution < -0.4 is 0 Å². The largest absolute Gasteiger partial charge is 0.296 e. The van der Waals surface area contributed by atoms with E-state index in [4.69, 9.17) is 4.98 Å². The maximum Gasteiger partial charge on any atom is 0.0595 e. The molecule has 2 heteroatoms. The van der Waals surface area contributed by atoms with Crippen molar-refractivity contribution in [1.82, 2.24) is 4.98 Å². The summed E-state index contributed by atoms with van der Waals surface area (Å²) in [6, 6.07) is 21.6. The first kappa shape index (κ1) is 12.9. The molecule has 0 saturated heterocycles. The van der Waals surface area contributed by atoms with Crippen molar-refractivity contribution in [2.75, 3.05) is 0 Å².